The summed E-state index contributed by atoms with van der Waals surface area (Å²) in [5.41, 5.74) is 1.01. The molecule has 2 N–H and O–H groups in total. The molecule has 9 heteroatoms. The van der Waals surface area contributed by atoms with Gasteiger partial charge in [0.25, 0.3) is 11.5 Å². The number of hydrogen-bond donors (Lipinski definition) is 2. The van der Waals surface area contributed by atoms with Crippen molar-refractivity contribution in [3.05, 3.63) is 26.6 Å². The predicted molar refractivity (Wildman–Crippen MR) is 108 cm³/mol. The molecule has 4 rings (SSSR count). The fourth-order valence-electron chi connectivity index (χ4n) is 3.85. The molecule has 2 aromatic rings. The van der Waals surface area contributed by atoms with Crippen molar-refractivity contribution in [1.29, 1.82) is 0 Å². The lowest BCUT2D eigenvalue weighted by Crippen LogP contribution is -2.34. The Kier molecular flexibility index (Phi) is 6.25. The molecule has 0 saturated carbocycles. The smallest absolute Gasteiger partial charge is 0.306 e. The predicted octanol–water partition coefficient (Wildman–Crippen LogP) is 1.63. The second-order valence-electron chi connectivity index (χ2n) is 7.50. The molecular weight excluding hydrogens is 394 g/mol. The van der Waals surface area contributed by atoms with E-state index in [0.717, 1.165) is 55.5 Å². The van der Waals surface area contributed by atoms with Crippen LogP contribution in [0.3, 0.4) is 0 Å². The molecule has 8 nitrogen and oxygen atoms in total. The number of carbonyl (C=O) groups is 2. The fourth-order valence-corrected chi connectivity index (χ4v) is 5.13. The highest BCUT2D eigenvalue weighted by Gasteiger charge is 2.20. The van der Waals surface area contributed by atoms with Crippen LogP contribution in [-0.4, -0.2) is 47.7 Å². The molecule has 0 spiro atoms. The third kappa shape index (κ3) is 4.84. The second-order valence-corrected chi connectivity index (χ2v) is 8.59. The van der Waals surface area contributed by atoms with Crippen molar-refractivity contribution in [1.82, 2.24) is 15.3 Å². The van der Waals surface area contributed by atoms with Gasteiger partial charge in [0.05, 0.1) is 17.9 Å². The van der Waals surface area contributed by atoms with E-state index < -0.39 is 5.97 Å². The van der Waals surface area contributed by atoms with Crippen molar-refractivity contribution in [2.75, 3.05) is 19.8 Å². The number of aryl methyl sites for hydroxylation is 3. The van der Waals surface area contributed by atoms with Crippen molar-refractivity contribution >= 4 is 33.4 Å². The summed E-state index contributed by atoms with van der Waals surface area (Å²) in [6.07, 6.45) is 6.50. The number of esters is 1. The SMILES string of the molecule is O=C(COC(=O)CCc1nc2sc3c(c2c(=O)[nH]1)CCCC3)NC[C@@H]1CCCO1. The lowest BCUT2D eigenvalue weighted by Gasteiger charge is -2.11. The van der Waals surface area contributed by atoms with Gasteiger partial charge >= 0.3 is 5.97 Å². The molecule has 1 saturated heterocycles. The van der Waals surface area contributed by atoms with Crippen LogP contribution in [0.4, 0.5) is 0 Å². The number of aromatic amines is 1. The first-order valence-electron chi connectivity index (χ1n) is 10.2. The normalized spacial score (nSPS) is 18.6. The molecule has 0 bridgehead atoms. The van der Waals surface area contributed by atoms with E-state index in [2.05, 4.69) is 15.3 Å². The van der Waals surface area contributed by atoms with Crippen molar-refractivity contribution in [3.8, 4) is 0 Å². The zero-order chi connectivity index (χ0) is 20.2. The largest absolute Gasteiger partial charge is 0.456 e. The fraction of sp³-hybridized carbons (Fsp3) is 0.600. The Labute approximate surface area is 172 Å². The number of rotatable bonds is 7. The number of nitrogens with zero attached hydrogens (tertiary/aromatic N) is 1. The van der Waals surface area contributed by atoms with Gasteiger partial charge in [-0.1, -0.05) is 0 Å². The van der Waals surface area contributed by atoms with Crippen LogP contribution in [-0.2, 0) is 38.3 Å². The van der Waals surface area contributed by atoms with E-state index in [0.29, 0.717) is 17.8 Å². The minimum absolute atomic E-state index is 0.0513. The maximum atomic E-state index is 12.5. The molecule has 3 heterocycles. The Bertz CT molecular complexity index is 961. The van der Waals surface area contributed by atoms with E-state index in [-0.39, 0.29) is 37.0 Å². The number of carbonyl (C=O) groups excluding carboxylic acids is 2. The summed E-state index contributed by atoms with van der Waals surface area (Å²) >= 11 is 1.58. The van der Waals surface area contributed by atoms with E-state index in [9.17, 15) is 14.4 Å². The molecule has 1 aliphatic carbocycles. The third-order valence-electron chi connectivity index (χ3n) is 5.36. The average molecular weight is 420 g/mol. The summed E-state index contributed by atoms with van der Waals surface area (Å²) in [5.74, 6) is -0.364. The van der Waals surface area contributed by atoms with E-state index in [1.807, 2.05) is 0 Å². The highest BCUT2D eigenvalue weighted by molar-refractivity contribution is 7.18. The first-order valence-corrected chi connectivity index (χ1v) is 11.0. The maximum absolute atomic E-state index is 12.5. The van der Waals surface area contributed by atoms with Crippen molar-refractivity contribution in [2.45, 2.75) is 57.5 Å². The van der Waals surface area contributed by atoms with Crippen LogP contribution in [0, 0.1) is 0 Å². The molecule has 2 aliphatic rings. The van der Waals surface area contributed by atoms with Gasteiger partial charge in [0.2, 0.25) is 0 Å². The number of fused-ring (bicyclic) bond motifs is 3. The molecule has 0 radical (unpaired) electrons. The Morgan fingerprint density at radius 2 is 2.14 bits per heavy atom. The number of ether oxygens (including phenoxy) is 2. The van der Waals surface area contributed by atoms with Crippen LogP contribution >= 0.6 is 11.3 Å². The van der Waals surface area contributed by atoms with Gasteiger partial charge in [-0.2, -0.15) is 0 Å². The van der Waals surface area contributed by atoms with Crippen LogP contribution in [0.15, 0.2) is 4.79 Å². The molecule has 1 aliphatic heterocycles. The number of thiophene rings is 1. The lowest BCUT2D eigenvalue weighted by atomic mass is 9.97. The Balaban J connectivity index is 1.27. The third-order valence-corrected chi connectivity index (χ3v) is 6.54. The summed E-state index contributed by atoms with van der Waals surface area (Å²) < 4.78 is 10.4. The van der Waals surface area contributed by atoms with Crippen LogP contribution in [0.1, 0.15) is 48.4 Å². The van der Waals surface area contributed by atoms with Gasteiger partial charge in [0.1, 0.15) is 10.7 Å². The average Bonchev–Trinajstić information content (AvgIpc) is 3.36. The topological polar surface area (TPSA) is 110 Å². The Morgan fingerprint density at radius 3 is 2.97 bits per heavy atom. The molecule has 29 heavy (non-hydrogen) atoms. The Hall–Kier alpha value is -2.26. The van der Waals surface area contributed by atoms with E-state index >= 15 is 0 Å². The number of amides is 1. The van der Waals surface area contributed by atoms with Crippen LogP contribution in [0.2, 0.25) is 0 Å². The standard InChI is InChI=1S/C20H25N3O5S/c24-16(21-10-12-4-3-9-27-12)11-28-17(25)8-7-15-22-19(26)18-13-5-1-2-6-14(13)29-20(18)23-15/h12H,1-11H2,(H,21,24)(H,22,23,26)/t12-/m0/s1. The van der Waals surface area contributed by atoms with E-state index in [4.69, 9.17) is 9.47 Å². The first-order chi connectivity index (χ1) is 14.1. The summed E-state index contributed by atoms with van der Waals surface area (Å²) in [5, 5.41) is 3.41. The zero-order valence-corrected chi connectivity index (χ0v) is 17.1. The van der Waals surface area contributed by atoms with Gasteiger partial charge in [-0.05, 0) is 44.1 Å². The maximum Gasteiger partial charge on any atom is 0.306 e. The molecule has 0 unspecified atom stereocenters. The minimum Gasteiger partial charge on any atom is -0.456 e. The van der Waals surface area contributed by atoms with Gasteiger partial charge in [0, 0.05) is 24.4 Å². The van der Waals surface area contributed by atoms with Gasteiger partial charge < -0.3 is 19.8 Å². The summed E-state index contributed by atoms with van der Waals surface area (Å²) in [7, 11) is 0. The van der Waals surface area contributed by atoms with Gasteiger partial charge in [0.15, 0.2) is 6.61 Å². The van der Waals surface area contributed by atoms with Crippen molar-refractivity contribution in [3.63, 3.8) is 0 Å². The van der Waals surface area contributed by atoms with Crippen LogP contribution in [0.25, 0.3) is 10.2 Å². The number of nitrogens with one attached hydrogen (secondary N) is 2. The first kappa shape index (κ1) is 20.0. The highest BCUT2D eigenvalue weighted by atomic mass is 32.1. The molecule has 1 fully saturated rings. The van der Waals surface area contributed by atoms with Crippen molar-refractivity contribution < 1.29 is 19.1 Å². The van der Waals surface area contributed by atoms with Crippen molar-refractivity contribution in [2.24, 2.45) is 0 Å². The van der Waals surface area contributed by atoms with Gasteiger partial charge in [-0.25, -0.2) is 4.98 Å². The van der Waals surface area contributed by atoms with Gasteiger partial charge in [-0.3, -0.25) is 14.4 Å². The summed E-state index contributed by atoms with van der Waals surface area (Å²) in [6.45, 7) is 0.851. The molecule has 2 aromatic heterocycles. The Morgan fingerprint density at radius 1 is 1.28 bits per heavy atom. The number of H-pyrrole nitrogens is 1. The summed E-state index contributed by atoms with van der Waals surface area (Å²) in [4.78, 5) is 45.6. The number of aromatic nitrogens is 2. The summed E-state index contributed by atoms with van der Waals surface area (Å²) in [6, 6.07) is 0. The quantitative estimate of drug-likeness (QED) is 0.660. The lowest BCUT2D eigenvalue weighted by molar-refractivity contribution is -0.148. The molecule has 0 aromatic carbocycles. The zero-order valence-electron chi connectivity index (χ0n) is 16.3. The van der Waals surface area contributed by atoms with Crippen LogP contribution in [0.5, 0.6) is 0 Å². The van der Waals surface area contributed by atoms with Gasteiger partial charge in [-0.15, -0.1) is 11.3 Å². The van der Waals surface area contributed by atoms with E-state index in [1.165, 1.54) is 4.88 Å². The second kappa shape index (κ2) is 9.04. The van der Waals surface area contributed by atoms with Crippen LogP contribution < -0.4 is 10.9 Å². The minimum atomic E-state index is -0.495. The molecule has 156 valence electrons. The molecule has 1 atom stereocenters. The monoisotopic (exact) mass is 419 g/mol. The highest BCUT2D eigenvalue weighted by Crippen LogP contribution is 2.33. The number of hydrogen-bond acceptors (Lipinski definition) is 7. The van der Waals surface area contributed by atoms with E-state index in [1.54, 1.807) is 11.3 Å². The molecule has 1 amide bonds. The molecular formula is C20H25N3O5S.